The molecule has 0 aliphatic rings. The maximum absolute atomic E-state index is 11.6. The summed E-state index contributed by atoms with van der Waals surface area (Å²) in [6.45, 7) is 5.01. The third kappa shape index (κ3) is 6.33. The van der Waals surface area contributed by atoms with E-state index < -0.39 is 0 Å². The number of hydrogen-bond donors (Lipinski definition) is 2. The smallest absolute Gasteiger partial charge is 0.239 e. The molecular formula is C15H24ClN3O2. The van der Waals surface area contributed by atoms with Crippen molar-refractivity contribution >= 4 is 23.2 Å². The van der Waals surface area contributed by atoms with Gasteiger partial charge in [0.15, 0.2) is 0 Å². The quantitative estimate of drug-likeness (QED) is 0.681. The Labute approximate surface area is 131 Å². The molecule has 1 amide bonds. The fourth-order valence-electron chi connectivity index (χ4n) is 1.87. The largest absolute Gasteiger partial charge is 0.383 e. The molecule has 0 atom stereocenters. The molecule has 2 N–H and O–H groups in total. The predicted octanol–water partition coefficient (Wildman–Crippen LogP) is 1.65. The number of methoxy groups -OCH3 is 1. The van der Waals surface area contributed by atoms with E-state index in [1.807, 2.05) is 37.1 Å². The van der Waals surface area contributed by atoms with Gasteiger partial charge in [0.05, 0.1) is 13.2 Å². The van der Waals surface area contributed by atoms with Gasteiger partial charge in [-0.2, -0.15) is 0 Å². The van der Waals surface area contributed by atoms with Crippen LogP contribution in [-0.4, -0.2) is 46.3 Å². The number of benzene rings is 1. The highest BCUT2D eigenvalue weighted by Gasteiger charge is 2.08. The Kier molecular flexibility index (Phi) is 8.12. The number of likely N-dealkylation sites (N-methyl/N-ethyl adjacent to an activating group) is 2. The summed E-state index contributed by atoms with van der Waals surface area (Å²) in [6, 6.07) is 5.83. The Bertz CT molecular complexity index is 455. The van der Waals surface area contributed by atoms with Gasteiger partial charge >= 0.3 is 0 Å². The lowest BCUT2D eigenvalue weighted by Crippen LogP contribution is -2.34. The number of ether oxygens (including phenoxy) is 1. The highest BCUT2D eigenvalue weighted by Crippen LogP contribution is 2.23. The Hall–Kier alpha value is -1.30. The van der Waals surface area contributed by atoms with Crippen molar-refractivity contribution in [2.45, 2.75) is 13.5 Å². The zero-order chi connectivity index (χ0) is 15.7. The van der Waals surface area contributed by atoms with Crippen molar-refractivity contribution in [3.63, 3.8) is 0 Å². The first kappa shape index (κ1) is 17.8. The molecule has 1 aromatic rings. The zero-order valence-electron chi connectivity index (χ0n) is 12.9. The Morgan fingerprint density at radius 1 is 1.43 bits per heavy atom. The molecule has 0 saturated carbocycles. The van der Waals surface area contributed by atoms with Gasteiger partial charge in [0.1, 0.15) is 0 Å². The fourth-order valence-corrected chi connectivity index (χ4v) is 2.12. The van der Waals surface area contributed by atoms with E-state index in [-0.39, 0.29) is 5.91 Å². The van der Waals surface area contributed by atoms with Crippen molar-refractivity contribution in [3.05, 3.63) is 28.8 Å². The van der Waals surface area contributed by atoms with E-state index in [2.05, 4.69) is 10.6 Å². The number of halogens is 1. The van der Waals surface area contributed by atoms with Crippen LogP contribution in [0.3, 0.4) is 0 Å². The summed E-state index contributed by atoms with van der Waals surface area (Å²) in [5.74, 6) is 0.00133. The molecule has 0 aromatic heterocycles. The summed E-state index contributed by atoms with van der Waals surface area (Å²) in [6.07, 6.45) is 0. The van der Waals surface area contributed by atoms with E-state index in [1.165, 1.54) is 0 Å². The van der Waals surface area contributed by atoms with Gasteiger partial charge < -0.3 is 20.3 Å². The van der Waals surface area contributed by atoms with Crippen LogP contribution in [0.2, 0.25) is 5.02 Å². The summed E-state index contributed by atoms with van der Waals surface area (Å²) in [7, 11) is 3.55. The number of anilines is 1. The van der Waals surface area contributed by atoms with Crippen molar-refractivity contribution < 1.29 is 9.53 Å². The van der Waals surface area contributed by atoms with E-state index in [9.17, 15) is 4.79 Å². The lowest BCUT2D eigenvalue weighted by atomic mass is 10.2. The number of nitrogens with one attached hydrogen (secondary N) is 2. The van der Waals surface area contributed by atoms with Crippen LogP contribution in [-0.2, 0) is 16.1 Å². The van der Waals surface area contributed by atoms with Gasteiger partial charge in [0.2, 0.25) is 5.91 Å². The number of carbonyl (C=O) groups excluding carboxylic acids is 1. The lowest BCUT2D eigenvalue weighted by molar-refractivity contribution is -0.119. The van der Waals surface area contributed by atoms with Crippen molar-refractivity contribution in [1.29, 1.82) is 0 Å². The first-order valence-electron chi connectivity index (χ1n) is 7.04. The first-order chi connectivity index (χ1) is 10.1. The molecule has 6 heteroatoms. The summed E-state index contributed by atoms with van der Waals surface area (Å²) in [5.41, 5.74) is 1.95. The van der Waals surface area contributed by atoms with Crippen LogP contribution in [0.5, 0.6) is 0 Å². The van der Waals surface area contributed by atoms with Crippen LogP contribution >= 0.6 is 11.6 Å². The third-order valence-corrected chi connectivity index (χ3v) is 3.38. The molecule has 5 nitrogen and oxygen atoms in total. The average molecular weight is 314 g/mol. The standard InChI is InChI=1S/C15H24ClN3O2/c1-4-18-15(20)11-19(2)13-6-5-12(14(16)9-13)10-17-7-8-21-3/h5-6,9,17H,4,7-8,10-11H2,1-3H3,(H,18,20). The molecule has 0 radical (unpaired) electrons. The van der Waals surface area contributed by atoms with E-state index in [1.54, 1.807) is 7.11 Å². The number of hydrogen-bond acceptors (Lipinski definition) is 4. The van der Waals surface area contributed by atoms with Crippen molar-refractivity contribution in [2.24, 2.45) is 0 Å². The molecule has 0 spiro atoms. The van der Waals surface area contributed by atoms with E-state index in [0.717, 1.165) is 17.8 Å². The second-order valence-corrected chi connectivity index (χ2v) is 5.16. The van der Waals surface area contributed by atoms with Crippen molar-refractivity contribution in [2.75, 3.05) is 45.3 Å². The van der Waals surface area contributed by atoms with E-state index >= 15 is 0 Å². The summed E-state index contributed by atoms with van der Waals surface area (Å²) < 4.78 is 4.98. The fraction of sp³-hybridized carbons (Fsp3) is 0.533. The summed E-state index contributed by atoms with van der Waals surface area (Å²) >= 11 is 6.29. The minimum Gasteiger partial charge on any atom is -0.383 e. The van der Waals surface area contributed by atoms with Crippen LogP contribution in [0, 0.1) is 0 Å². The first-order valence-corrected chi connectivity index (χ1v) is 7.42. The molecule has 1 rings (SSSR count). The van der Waals surface area contributed by atoms with Crippen LogP contribution < -0.4 is 15.5 Å². The summed E-state index contributed by atoms with van der Waals surface area (Å²) in [5, 5.41) is 6.73. The van der Waals surface area contributed by atoms with Crippen molar-refractivity contribution in [1.82, 2.24) is 10.6 Å². The maximum atomic E-state index is 11.6. The summed E-state index contributed by atoms with van der Waals surface area (Å²) in [4.78, 5) is 13.4. The highest BCUT2D eigenvalue weighted by molar-refractivity contribution is 6.31. The van der Waals surface area contributed by atoms with Gasteiger partial charge in [-0.15, -0.1) is 0 Å². The molecule has 0 fully saturated rings. The molecule has 0 unspecified atom stereocenters. The lowest BCUT2D eigenvalue weighted by Gasteiger charge is -2.19. The van der Waals surface area contributed by atoms with Gasteiger partial charge in [-0.25, -0.2) is 0 Å². The number of rotatable bonds is 9. The molecule has 0 bridgehead atoms. The normalized spacial score (nSPS) is 10.5. The Morgan fingerprint density at radius 2 is 2.19 bits per heavy atom. The second kappa shape index (κ2) is 9.60. The van der Waals surface area contributed by atoms with E-state index in [0.29, 0.717) is 31.3 Å². The molecule has 0 aliphatic carbocycles. The molecule has 0 saturated heterocycles. The van der Waals surface area contributed by atoms with Crippen molar-refractivity contribution in [3.8, 4) is 0 Å². The zero-order valence-corrected chi connectivity index (χ0v) is 13.7. The molecule has 0 heterocycles. The minimum atomic E-state index is 0.00133. The van der Waals surface area contributed by atoms with Gasteiger partial charge in [-0.3, -0.25) is 4.79 Å². The second-order valence-electron chi connectivity index (χ2n) is 4.75. The van der Waals surface area contributed by atoms with Gasteiger partial charge in [0.25, 0.3) is 0 Å². The van der Waals surface area contributed by atoms with Crippen LogP contribution in [0.1, 0.15) is 12.5 Å². The third-order valence-electron chi connectivity index (χ3n) is 3.03. The highest BCUT2D eigenvalue weighted by atomic mass is 35.5. The monoisotopic (exact) mass is 313 g/mol. The average Bonchev–Trinajstić information content (AvgIpc) is 2.45. The van der Waals surface area contributed by atoms with Crippen LogP contribution in [0.15, 0.2) is 18.2 Å². The molecule has 1 aromatic carbocycles. The van der Waals surface area contributed by atoms with Gasteiger partial charge in [-0.1, -0.05) is 17.7 Å². The molecule has 21 heavy (non-hydrogen) atoms. The number of carbonyl (C=O) groups is 1. The molecule has 0 aliphatic heterocycles. The number of nitrogens with zero attached hydrogens (tertiary/aromatic N) is 1. The SMILES string of the molecule is CCNC(=O)CN(C)c1ccc(CNCCOC)c(Cl)c1. The van der Waals surface area contributed by atoms with Gasteiger partial charge in [-0.05, 0) is 24.6 Å². The van der Waals surface area contributed by atoms with Crippen LogP contribution in [0.4, 0.5) is 5.69 Å². The maximum Gasteiger partial charge on any atom is 0.239 e. The Morgan fingerprint density at radius 3 is 2.81 bits per heavy atom. The minimum absolute atomic E-state index is 0.00133. The van der Waals surface area contributed by atoms with Crippen LogP contribution in [0.25, 0.3) is 0 Å². The Balaban J connectivity index is 2.58. The van der Waals surface area contributed by atoms with E-state index in [4.69, 9.17) is 16.3 Å². The van der Waals surface area contributed by atoms with Gasteiger partial charge in [0, 0.05) is 44.5 Å². The number of amides is 1. The molecular weight excluding hydrogens is 290 g/mol. The topological polar surface area (TPSA) is 53.6 Å². The predicted molar refractivity (Wildman–Crippen MR) is 87.0 cm³/mol. The molecule has 118 valence electrons.